The van der Waals surface area contributed by atoms with Crippen molar-refractivity contribution in [2.75, 3.05) is 24.4 Å². The van der Waals surface area contributed by atoms with Gasteiger partial charge in [-0.2, -0.15) is 0 Å². The highest BCUT2D eigenvalue weighted by Crippen LogP contribution is 2.49. The lowest BCUT2D eigenvalue weighted by molar-refractivity contribution is 0.414. The monoisotopic (exact) mass is 319 g/mol. The van der Waals surface area contributed by atoms with Crippen LogP contribution in [0.1, 0.15) is 6.92 Å². The molecule has 1 atom stereocenters. The van der Waals surface area contributed by atoms with Gasteiger partial charge in [0.1, 0.15) is 5.75 Å². The molecule has 2 nitrogen and oxygen atoms in total. The Morgan fingerprint density at radius 3 is 2.67 bits per heavy atom. The van der Waals surface area contributed by atoms with Gasteiger partial charge in [0.05, 0.1) is 18.5 Å². The van der Waals surface area contributed by atoms with Gasteiger partial charge < -0.3 is 9.64 Å². The van der Waals surface area contributed by atoms with Crippen LogP contribution in [0.2, 0.25) is 0 Å². The third-order valence-electron chi connectivity index (χ3n) is 3.59. The molecule has 0 aromatic heterocycles. The van der Waals surface area contributed by atoms with E-state index < -0.39 is 0 Å². The smallest absolute Gasteiger partial charge is 0.121 e. The predicted octanol–water partition coefficient (Wildman–Crippen LogP) is 5.17. The fourth-order valence-corrected chi connectivity index (χ4v) is 3.67. The van der Waals surface area contributed by atoms with Crippen LogP contribution in [0.25, 0.3) is 0 Å². The van der Waals surface area contributed by atoms with Gasteiger partial charge in [-0.05, 0) is 30.2 Å². The van der Waals surface area contributed by atoms with E-state index in [0.29, 0.717) is 11.8 Å². The van der Waals surface area contributed by atoms with Gasteiger partial charge in [0.15, 0.2) is 0 Å². The number of nitrogens with zero attached hydrogens (tertiary/aromatic N) is 1. The molecule has 0 N–H and O–H groups in total. The van der Waals surface area contributed by atoms with Gasteiger partial charge in [-0.3, -0.25) is 0 Å². The third-order valence-corrected chi connectivity index (χ3v) is 5.25. The largest absolute Gasteiger partial charge is 0.497 e. The van der Waals surface area contributed by atoms with E-state index in [1.807, 2.05) is 17.8 Å². The molecular formula is C17H18ClNOS. The lowest BCUT2D eigenvalue weighted by Crippen LogP contribution is -2.27. The molecule has 110 valence electrons. The molecule has 0 saturated heterocycles. The Labute approximate surface area is 135 Å². The Morgan fingerprint density at radius 1 is 1.14 bits per heavy atom. The van der Waals surface area contributed by atoms with E-state index in [1.165, 1.54) is 21.2 Å². The van der Waals surface area contributed by atoms with Crippen molar-refractivity contribution in [1.29, 1.82) is 0 Å². The standard InChI is InChI=1S/C17H18ClNOS/c1-12(10-18)11-19-14-5-3-4-6-16(14)21-17-8-7-13(20-2)9-15(17)19/h3-9,12H,10-11H2,1-2H3/t12-/m0/s1. The first kappa shape index (κ1) is 14.6. The van der Waals surface area contributed by atoms with Crippen molar-refractivity contribution in [2.45, 2.75) is 16.7 Å². The maximum atomic E-state index is 6.03. The average Bonchev–Trinajstić information content (AvgIpc) is 2.54. The molecule has 0 amide bonds. The molecular weight excluding hydrogens is 302 g/mol. The number of hydrogen-bond acceptors (Lipinski definition) is 3. The van der Waals surface area contributed by atoms with Crippen LogP contribution in [-0.4, -0.2) is 19.5 Å². The zero-order chi connectivity index (χ0) is 14.8. The molecule has 3 rings (SSSR count). The Kier molecular flexibility index (Phi) is 4.32. The highest BCUT2D eigenvalue weighted by atomic mass is 35.5. The number of benzene rings is 2. The second kappa shape index (κ2) is 6.20. The molecule has 4 heteroatoms. The Balaban J connectivity index is 2.07. The second-order valence-corrected chi connectivity index (χ2v) is 6.67. The number of alkyl halides is 1. The fourth-order valence-electron chi connectivity index (χ4n) is 2.49. The number of para-hydroxylation sites is 1. The summed E-state index contributed by atoms with van der Waals surface area (Å²) >= 11 is 7.84. The van der Waals surface area contributed by atoms with Crippen LogP contribution in [0.5, 0.6) is 5.75 Å². The van der Waals surface area contributed by atoms with Gasteiger partial charge in [-0.25, -0.2) is 0 Å². The van der Waals surface area contributed by atoms with Crippen LogP contribution in [0.3, 0.4) is 0 Å². The molecule has 1 heterocycles. The van der Waals surface area contributed by atoms with Crippen LogP contribution in [0, 0.1) is 5.92 Å². The third kappa shape index (κ3) is 2.85. The number of hydrogen-bond donors (Lipinski definition) is 0. The summed E-state index contributed by atoms with van der Waals surface area (Å²) in [6.07, 6.45) is 0. The lowest BCUT2D eigenvalue weighted by Gasteiger charge is -2.34. The van der Waals surface area contributed by atoms with Crippen molar-refractivity contribution in [2.24, 2.45) is 5.92 Å². The molecule has 0 saturated carbocycles. The molecule has 21 heavy (non-hydrogen) atoms. The summed E-state index contributed by atoms with van der Waals surface area (Å²) in [6, 6.07) is 14.8. The minimum atomic E-state index is 0.418. The van der Waals surface area contributed by atoms with Crippen LogP contribution in [0.15, 0.2) is 52.3 Å². The highest BCUT2D eigenvalue weighted by molar-refractivity contribution is 7.99. The van der Waals surface area contributed by atoms with E-state index in [0.717, 1.165) is 12.3 Å². The number of halogens is 1. The predicted molar refractivity (Wildman–Crippen MR) is 90.4 cm³/mol. The molecule has 0 fully saturated rings. The zero-order valence-corrected chi connectivity index (χ0v) is 13.7. The number of methoxy groups -OCH3 is 1. The van der Waals surface area contributed by atoms with Gasteiger partial charge in [-0.15, -0.1) is 11.6 Å². The van der Waals surface area contributed by atoms with Crippen LogP contribution in [-0.2, 0) is 0 Å². The van der Waals surface area contributed by atoms with Gasteiger partial charge in [0, 0.05) is 28.3 Å². The van der Waals surface area contributed by atoms with Crippen molar-refractivity contribution in [3.8, 4) is 5.75 Å². The van der Waals surface area contributed by atoms with Gasteiger partial charge in [0.25, 0.3) is 0 Å². The first-order chi connectivity index (χ1) is 10.2. The maximum absolute atomic E-state index is 6.03. The quantitative estimate of drug-likeness (QED) is 0.721. The van der Waals surface area contributed by atoms with Crippen LogP contribution >= 0.6 is 23.4 Å². The molecule has 0 unspecified atom stereocenters. The van der Waals surface area contributed by atoms with Gasteiger partial charge in [0.2, 0.25) is 0 Å². The first-order valence-corrected chi connectivity index (χ1v) is 8.36. The number of fused-ring (bicyclic) bond motifs is 2. The number of ether oxygens (including phenoxy) is 1. The first-order valence-electron chi connectivity index (χ1n) is 7.01. The van der Waals surface area contributed by atoms with E-state index in [9.17, 15) is 0 Å². The molecule has 0 bridgehead atoms. The van der Waals surface area contributed by atoms with Crippen molar-refractivity contribution in [3.05, 3.63) is 42.5 Å². The number of anilines is 2. The average molecular weight is 320 g/mol. The molecule has 0 aliphatic carbocycles. The summed E-state index contributed by atoms with van der Waals surface area (Å²) in [5.74, 6) is 1.96. The number of rotatable bonds is 4. The Bertz CT molecular complexity index is 646. The minimum Gasteiger partial charge on any atom is -0.497 e. The highest BCUT2D eigenvalue weighted by Gasteiger charge is 2.24. The summed E-state index contributed by atoms with van der Waals surface area (Å²) in [6.45, 7) is 3.08. The van der Waals surface area contributed by atoms with Crippen molar-refractivity contribution < 1.29 is 4.74 Å². The van der Waals surface area contributed by atoms with Crippen LogP contribution < -0.4 is 9.64 Å². The molecule has 2 aromatic rings. The fraction of sp³-hybridized carbons (Fsp3) is 0.294. The summed E-state index contributed by atoms with van der Waals surface area (Å²) in [4.78, 5) is 4.91. The normalized spacial score (nSPS) is 14.3. The summed E-state index contributed by atoms with van der Waals surface area (Å²) in [5, 5.41) is 0. The maximum Gasteiger partial charge on any atom is 0.121 e. The summed E-state index contributed by atoms with van der Waals surface area (Å²) < 4.78 is 5.39. The zero-order valence-electron chi connectivity index (χ0n) is 12.2. The molecule has 1 aliphatic rings. The second-order valence-electron chi connectivity index (χ2n) is 5.27. The van der Waals surface area contributed by atoms with Crippen molar-refractivity contribution >= 4 is 34.7 Å². The van der Waals surface area contributed by atoms with Crippen molar-refractivity contribution in [1.82, 2.24) is 0 Å². The van der Waals surface area contributed by atoms with E-state index in [-0.39, 0.29) is 0 Å². The molecule has 0 radical (unpaired) electrons. The van der Waals surface area contributed by atoms with Crippen LogP contribution in [0.4, 0.5) is 11.4 Å². The molecule has 0 spiro atoms. The SMILES string of the molecule is COc1ccc2c(c1)N(C[C@@H](C)CCl)c1ccccc1S2. The minimum absolute atomic E-state index is 0.418. The van der Waals surface area contributed by atoms with Crippen molar-refractivity contribution in [3.63, 3.8) is 0 Å². The van der Waals surface area contributed by atoms with E-state index in [4.69, 9.17) is 16.3 Å². The Morgan fingerprint density at radius 2 is 1.90 bits per heavy atom. The Hall–Kier alpha value is -1.32. The van der Waals surface area contributed by atoms with E-state index in [1.54, 1.807) is 7.11 Å². The molecule has 2 aromatic carbocycles. The summed E-state index contributed by atoms with van der Waals surface area (Å²) in [7, 11) is 1.71. The van der Waals surface area contributed by atoms with E-state index in [2.05, 4.69) is 48.2 Å². The molecule has 1 aliphatic heterocycles. The van der Waals surface area contributed by atoms with Gasteiger partial charge >= 0.3 is 0 Å². The lowest BCUT2D eigenvalue weighted by atomic mass is 10.1. The summed E-state index contributed by atoms with van der Waals surface area (Å²) in [5.41, 5.74) is 2.45. The topological polar surface area (TPSA) is 12.5 Å². The van der Waals surface area contributed by atoms with E-state index >= 15 is 0 Å². The van der Waals surface area contributed by atoms with Gasteiger partial charge in [-0.1, -0.05) is 30.8 Å².